The predicted octanol–water partition coefficient (Wildman–Crippen LogP) is 2.14. The minimum Gasteiger partial charge on any atom is -0.468 e. The van der Waals surface area contributed by atoms with Crippen LogP contribution in [0.15, 0.2) is 16.7 Å². The van der Waals surface area contributed by atoms with Crippen molar-refractivity contribution >= 4 is 0 Å². The third-order valence-electron chi connectivity index (χ3n) is 4.23. The van der Waals surface area contributed by atoms with Gasteiger partial charge in [0.25, 0.3) is 0 Å². The van der Waals surface area contributed by atoms with Crippen molar-refractivity contribution in [2.24, 2.45) is 0 Å². The number of piperidine rings is 1. The van der Waals surface area contributed by atoms with E-state index in [4.69, 9.17) is 9.15 Å². The highest BCUT2D eigenvalue weighted by molar-refractivity contribution is 5.17. The van der Waals surface area contributed by atoms with E-state index in [0.29, 0.717) is 6.10 Å². The molecule has 1 N–H and O–H groups in total. The molecule has 4 nitrogen and oxygen atoms in total. The first-order chi connectivity index (χ1) is 9.35. The second kappa shape index (κ2) is 6.07. The van der Waals surface area contributed by atoms with Gasteiger partial charge in [0, 0.05) is 38.3 Å². The largest absolute Gasteiger partial charge is 0.468 e. The van der Waals surface area contributed by atoms with Crippen molar-refractivity contribution in [1.82, 2.24) is 10.2 Å². The summed E-state index contributed by atoms with van der Waals surface area (Å²) in [6, 6.07) is 2.85. The molecule has 0 aromatic carbocycles. The number of nitrogens with zero attached hydrogens (tertiary/aromatic N) is 1. The van der Waals surface area contributed by atoms with Gasteiger partial charge in [0.15, 0.2) is 0 Å². The average Bonchev–Trinajstić information content (AvgIpc) is 3.18. The Labute approximate surface area is 115 Å². The van der Waals surface area contributed by atoms with Gasteiger partial charge in [-0.1, -0.05) is 0 Å². The molecule has 0 unspecified atom stereocenters. The summed E-state index contributed by atoms with van der Waals surface area (Å²) in [5.74, 6) is 1.11. The number of nitrogens with one attached hydrogen (secondary N) is 1. The SMILES string of the molecule is COC1CCN(Cc2ccoc2CNC2CC2)CC1. The molecule has 4 heteroatoms. The number of likely N-dealkylation sites (tertiary alicyclic amines) is 1. The Bertz CT molecular complexity index is 393. The molecule has 0 atom stereocenters. The molecule has 2 aliphatic rings. The second-order valence-electron chi connectivity index (χ2n) is 5.74. The van der Waals surface area contributed by atoms with Gasteiger partial charge in [0.2, 0.25) is 0 Å². The summed E-state index contributed by atoms with van der Waals surface area (Å²) in [6.45, 7) is 4.13. The number of furan rings is 1. The Hall–Kier alpha value is -0.840. The van der Waals surface area contributed by atoms with E-state index in [0.717, 1.165) is 50.8 Å². The molecule has 0 radical (unpaired) electrons. The molecule has 1 aromatic heterocycles. The van der Waals surface area contributed by atoms with E-state index in [1.807, 2.05) is 13.4 Å². The first kappa shape index (κ1) is 13.2. The molecule has 0 amide bonds. The van der Waals surface area contributed by atoms with Crippen molar-refractivity contribution in [2.45, 2.75) is 50.9 Å². The van der Waals surface area contributed by atoms with Crippen LogP contribution in [0.5, 0.6) is 0 Å². The van der Waals surface area contributed by atoms with E-state index in [9.17, 15) is 0 Å². The van der Waals surface area contributed by atoms with Crippen molar-refractivity contribution < 1.29 is 9.15 Å². The molecule has 106 valence electrons. The average molecular weight is 264 g/mol. The maximum absolute atomic E-state index is 5.61. The molecule has 1 saturated carbocycles. The van der Waals surface area contributed by atoms with Crippen LogP contribution in [-0.2, 0) is 17.8 Å². The number of hydrogen-bond donors (Lipinski definition) is 1. The zero-order valence-electron chi connectivity index (χ0n) is 11.7. The molecule has 19 heavy (non-hydrogen) atoms. The van der Waals surface area contributed by atoms with E-state index in [-0.39, 0.29) is 0 Å². The van der Waals surface area contributed by atoms with Gasteiger partial charge in [0.05, 0.1) is 18.9 Å². The fraction of sp³-hybridized carbons (Fsp3) is 0.733. The third-order valence-corrected chi connectivity index (χ3v) is 4.23. The zero-order valence-corrected chi connectivity index (χ0v) is 11.7. The van der Waals surface area contributed by atoms with Crippen LogP contribution < -0.4 is 5.32 Å². The summed E-state index contributed by atoms with van der Waals surface area (Å²) in [7, 11) is 1.82. The molecule has 0 spiro atoms. The Morgan fingerprint density at radius 2 is 2.11 bits per heavy atom. The van der Waals surface area contributed by atoms with Gasteiger partial charge in [-0.15, -0.1) is 0 Å². The van der Waals surface area contributed by atoms with E-state index in [2.05, 4.69) is 16.3 Å². The Morgan fingerprint density at radius 3 is 2.79 bits per heavy atom. The van der Waals surface area contributed by atoms with Crippen molar-refractivity contribution in [1.29, 1.82) is 0 Å². The fourth-order valence-electron chi connectivity index (χ4n) is 2.73. The van der Waals surface area contributed by atoms with Crippen LogP contribution in [0.1, 0.15) is 37.0 Å². The maximum atomic E-state index is 5.61. The lowest BCUT2D eigenvalue weighted by atomic mass is 10.1. The Balaban J connectivity index is 1.50. The first-order valence-corrected chi connectivity index (χ1v) is 7.39. The molecule has 2 heterocycles. The molecule has 1 aromatic rings. The van der Waals surface area contributed by atoms with Gasteiger partial charge >= 0.3 is 0 Å². The summed E-state index contributed by atoms with van der Waals surface area (Å²) in [5, 5.41) is 3.52. The fourth-order valence-corrected chi connectivity index (χ4v) is 2.73. The highest BCUT2D eigenvalue weighted by Gasteiger charge is 2.22. The molecule has 3 rings (SSSR count). The number of ether oxygens (including phenoxy) is 1. The van der Waals surface area contributed by atoms with E-state index in [1.54, 1.807) is 0 Å². The van der Waals surface area contributed by atoms with E-state index in [1.165, 1.54) is 18.4 Å². The maximum Gasteiger partial charge on any atom is 0.122 e. The van der Waals surface area contributed by atoms with Crippen molar-refractivity contribution in [3.8, 4) is 0 Å². The van der Waals surface area contributed by atoms with Crippen LogP contribution in [0, 0.1) is 0 Å². The number of rotatable bonds is 6. The van der Waals surface area contributed by atoms with Crippen LogP contribution >= 0.6 is 0 Å². The van der Waals surface area contributed by atoms with E-state index >= 15 is 0 Å². The van der Waals surface area contributed by atoms with Gasteiger partial charge < -0.3 is 14.5 Å². The minimum atomic E-state index is 0.455. The number of hydrogen-bond acceptors (Lipinski definition) is 4. The summed E-state index contributed by atoms with van der Waals surface area (Å²) >= 11 is 0. The van der Waals surface area contributed by atoms with Crippen LogP contribution in [0.25, 0.3) is 0 Å². The molecular formula is C15H24N2O2. The van der Waals surface area contributed by atoms with Crippen molar-refractivity contribution in [2.75, 3.05) is 20.2 Å². The molecular weight excluding hydrogens is 240 g/mol. The van der Waals surface area contributed by atoms with Gasteiger partial charge in [-0.3, -0.25) is 4.90 Å². The van der Waals surface area contributed by atoms with E-state index < -0.39 is 0 Å². The summed E-state index contributed by atoms with van der Waals surface area (Å²) in [6.07, 6.45) is 7.20. The zero-order chi connectivity index (χ0) is 13.1. The lowest BCUT2D eigenvalue weighted by molar-refractivity contribution is 0.0387. The summed E-state index contributed by atoms with van der Waals surface area (Å²) < 4.78 is 11.0. The molecule has 0 bridgehead atoms. The third kappa shape index (κ3) is 3.59. The number of methoxy groups -OCH3 is 1. The molecule has 1 saturated heterocycles. The van der Waals surface area contributed by atoms with Crippen molar-refractivity contribution in [3.63, 3.8) is 0 Å². The lowest BCUT2D eigenvalue weighted by Crippen LogP contribution is -2.36. The van der Waals surface area contributed by atoms with Gasteiger partial charge in [0.1, 0.15) is 5.76 Å². The van der Waals surface area contributed by atoms with Crippen LogP contribution in [0.3, 0.4) is 0 Å². The van der Waals surface area contributed by atoms with Gasteiger partial charge in [-0.2, -0.15) is 0 Å². The molecule has 1 aliphatic heterocycles. The summed E-state index contributed by atoms with van der Waals surface area (Å²) in [5.41, 5.74) is 1.34. The normalized spacial score (nSPS) is 21.9. The van der Waals surface area contributed by atoms with Crippen LogP contribution in [0.2, 0.25) is 0 Å². The lowest BCUT2D eigenvalue weighted by Gasteiger charge is -2.31. The molecule has 1 aliphatic carbocycles. The van der Waals surface area contributed by atoms with Gasteiger partial charge in [-0.25, -0.2) is 0 Å². The highest BCUT2D eigenvalue weighted by Crippen LogP contribution is 2.22. The molecule has 2 fully saturated rings. The van der Waals surface area contributed by atoms with Crippen molar-refractivity contribution in [3.05, 3.63) is 23.7 Å². The minimum absolute atomic E-state index is 0.455. The standard InChI is InChI=1S/C15H24N2O2/c1-18-14-4-7-17(8-5-14)11-12-6-9-19-15(12)10-16-13-2-3-13/h6,9,13-14,16H,2-5,7-8,10-11H2,1H3. The Kier molecular flexibility index (Phi) is 4.21. The smallest absolute Gasteiger partial charge is 0.122 e. The first-order valence-electron chi connectivity index (χ1n) is 7.39. The quantitative estimate of drug-likeness (QED) is 0.854. The van der Waals surface area contributed by atoms with Crippen LogP contribution in [-0.4, -0.2) is 37.2 Å². The highest BCUT2D eigenvalue weighted by atomic mass is 16.5. The second-order valence-corrected chi connectivity index (χ2v) is 5.74. The topological polar surface area (TPSA) is 37.6 Å². The Morgan fingerprint density at radius 1 is 1.32 bits per heavy atom. The predicted molar refractivity (Wildman–Crippen MR) is 73.9 cm³/mol. The monoisotopic (exact) mass is 264 g/mol. The van der Waals surface area contributed by atoms with Crippen LogP contribution in [0.4, 0.5) is 0 Å². The summed E-state index contributed by atoms with van der Waals surface area (Å²) in [4.78, 5) is 2.50. The van der Waals surface area contributed by atoms with Gasteiger partial charge in [-0.05, 0) is 31.7 Å².